The Kier molecular flexibility index (Phi) is 6.98. The fraction of sp³-hybridized carbons (Fsp3) is 0.130. The van der Waals surface area contributed by atoms with Crippen LogP contribution < -0.4 is 10.2 Å². The van der Waals surface area contributed by atoms with Crippen LogP contribution in [0.15, 0.2) is 78.9 Å². The van der Waals surface area contributed by atoms with Gasteiger partial charge in [0.05, 0.1) is 9.26 Å². The highest BCUT2D eigenvalue weighted by molar-refractivity contribution is 14.1. The summed E-state index contributed by atoms with van der Waals surface area (Å²) in [4.78, 5) is 27.0. The largest absolute Gasteiger partial charge is 0.350 e. The first-order chi connectivity index (χ1) is 14.0. The summed E-state index contributed by atoms with van der Waals surface area (Å²) in [6.07, 6.45) is 0. The summed E-state index contributed by atoms with van der Waals surface area (Å²) in [5.41, 5.74) is 1.61. The number of anilines is 1. The second-order valence-electron chi connectivity index (χ2n) is 6.48. The van der Waals surface area contributed by atoms with Crippen molar-refractivity contribution in [1.29, 1.82) is 0 Å². The molecule has 3 aromatic carbocycles. The van der Waals surface area contributed by atoms with E-state index in [2.05, 4.69) is 5.32 Å². The van der Waals surface area contributed by atoms with E-state index >= 15 is 0 Å². The number of carbonyl (C=O) groups excluding carboxylic acids is 2. The maximum Gasteiger partial charge on any atom is 0.248 e. The summed E-state index contributed by atoms with van der Waals surface area (Å²) in [5.74, 6) is -1.33. The van der Waals surface area contributed by atoms with Crippen LogP contribution in [-0.2, 0) is 16.1 Å². The summed E-state index contributed by atoms with van der Waals surface area (Å²) < 4.78 is 15.2. The lowest BCUT2D eigenvalue weighted by Gasteiger charge is -2.31. The summed E-state index contributed by atoms with van der Waals surface area (Å²) >= 11 is 1.87. The van der Waals surface area contributed by atoms with E-state index in [-0.39, 0.29) is 11.6 Å². The summed E-state index contributed by atoms with van der Waals surface area (Å²) in [6, 6.07) is 22.2. The van der Waals surface area contributed by atoms with Crippen LogP contribution in [0.4, 0.5) is 10.1 Å². The van der Waals surface area contributed by atoms with E-state index in [9.17, 15) is 14.0 Å². The number of hydrogen-bond donors (Lipinski definition) is 1. The fourth-order valence-electron chi connectivity index (χ4n) is 3.10. The Balaban J connectivity index is 2.00. The van der Waals surface area contributed by atoms with E-state index in [1.54, 1.807) is 36.4 Å². The Morgan fingerprint density at radius 1 is 0.966 bits per heavy atom. The van der Waals surface area contributed by atoms with Gasteiger partial charge in [-0.1, -0.05) is 66.7 Å². The smallest absolute Gasteiger partial charge is 0.248 e. The van der Waals surface area contributed by atoms with Crippen molar-refractivity contribution in [2.45, 2.75) is 19.5 Å². The molecule has 4 nitrogen and oxygen atoms in total. The molecule has 0 aromatic heterocycles. The van der Waals surface area contributed by atoms with Crippen LogP contribution in [0.2, 0.25) is 0 Å². The van der Waals surface area contributed by atoms with Gasteiger partial charge in [0.2, 0.25) is 11.8 Å². The molecule has 0 radical (unpaired) electrons. The molecule has 0 saturated heterocycles. The van der Waals surface area contributed by atoms with E-state index in [0.29, 0.717) is 15.7 Å². The van der Waals surface area contributed by atoms with Crippen molar-refractivity contribution < 1.29 is 14.0 Å². The molecule has 0 saturated carbocycles. The normalized spacial score (nSPS) is 11.6. The van der Waals surface area contributed by atoms with Crippen LogP contribution in [-0.4, -0.2) is 11.8 Å². The van der Waals surface area contributed by atoms with Crippen molar-refractivity contribution in [2.24, 2.45) is 0 Å². The quantitative estimate of drug-likeness (QED) is 0.491. The van der Waals surface area contributed by atoms with Crippen molar-refractivity contribution in [2.75, 3.05) is 4.90 Å². The lowest BCUT2D eigenvalue weighted by Crippen LogP contribution is -2.43. The minimum Gasteiger partial charge on any atom is -0.350 e. The van der Waals surface area contributed by atoms with Crippen LogP contribution in [0.3, 0.4) is 0 Å². The van der Waals surface area contributed by atoms with Crippen LogP contribution in [0, 0.1) is 9.39 Å². The van der Waals surface area contributed by atoms with Gasteiger partial charge in [-0.15, -0.1) is 0 Å². The van der Waals surface area contributed by atoms with Gasteiger partial charge in [-0.25, -0.2) is 4.39 Å². The maximum absolute atomic E-state index is 14.9. The standard InChI is InChI=1S/C23H20FIN2O2/c1-16(28)27(20-14-8-13-19(25)21(20)24)22(18-11-6-3-7-12-18)23(29)26-15-17-9-4-2-5-10-17/h2-14,22H,15H2,1H3,(H,26,29). The van der Waals surface area contributed by atoms with Crippen molar-refractivity contribution in [3.63, 3.8) is 0 Å². The molecule has 6 heteroatoms. The first-order valence-electron chi connectivity index (χ1n) is 9.09. The number of benzene rings is 3. The molecule has 1 N–H and O–H groups in total. The number of carbonyl (C=O) groups is 2. The van der Waals surface area contributed by atoms with Crippen molar-refractivity contribution in [3.05, 3.63) is 99.4 Å². The molecule has 3 aromatic rings. The second-order valence-corrected chi connectivity index (χ2v) is 7.64. The lowest BCUT2D eigenvalue weighted by atomic mass is 10.0. The molecule has 0 aliphatic rings. The molecule has 0 fully saturated rings. The predicted octanol–water partition coefficient (Wildman–Crippen LogP) is 4.84. The zero-order valence-corrected chi connectivity index (χ0v) is 18.0. The number of halogens is 2. The van der Waals surface area contributed by atoms with Gasteiger partial charge in [-0.05, 0) is 45.9 Å². The highest BCUT2D eigenvalue weighted by Gasteiger charge is 2.32. The van der Waals surface area contributed by atoms with Gasteiger partial charge in [-0.3, -0.25) is 14.5 Å². The Morgan fingerprint density at radius 3 is 2.21 bits per heavy atom. The molecule has 148 valence electrons. The van der Waals surface area contributed by atoms with E-state index in [1.807, 2.05) is 59.0 Å². The Labute approximate surface area is 182 Å². The van der Waals surface area contributed by atoms with Crippen molar-refractivity contribution in [1.82, 2.24) is 5.32 Å². The molecule has 0 spiro atoms. The average Bonchev–Trinajstić information content (AvgIpc) is 2.74. The predicted molar refractivity (Wildman–Crippen MR) is 120 cm³/mol. The van der Waals surface area contributed by atoms with Crippen LogP contribution >= 0.6 is 22.6 Å². The maximum atomic E-state index is 14.9. The van der Waals surface area contributed by atoms with E-state index in [4.69, 9.17) is 0 Å². The molecule has 1 unspecified atom stereocenters. The van der Waals surface area contributed by atoms with E-state index in [1.165, 1.54) is 17.9 Å². The van der Waals surface area contributed by atoms with Crippen molar-refractivity contribution in [3.8, 4) is 0 Å². The number of hydrogen-bond acceptors (Lipinski definition) is 2. The Hall–Kier alpha value is -2.74. The van der Waals surface area contributed by atoms with Gasteiger partial charge in [0.1, 0.15) is 6.04 Å². The van der Waals surface area contributed by atoms with Gasteiger partial charge in [0, 0.05) is 13.5 Å². The van der Waals surface area contributed by atoms with E-state index < -0.39 is 17.8 Å². The van der Waals surface area contributed by atoms with Gasteiger partial charge < -0.3 is 5.32 Å². The van der Waals surface area contributed by atoms with Gasteiger partial charge >= 0.3 is 0 Å². The van der Waals surface area contributed by atoms with Gasteiger partial charge in [0.25, 0.3) is 0 Å². The molecule has 1 atom stereocenters. The number of amides is 2. The van der Waals surface area contributed by atoms with Crippen LogP contribution in [0.1, 0.15) is 24.1 Å². The SMILES string of the molecule is CC(=O)N(c1cccc(I)c1F)C(C(=O)NCc1ccccc1)c1ccccc1. The minimum absolute atomic E-state index is 0.0770. The molecule has 0 aliphatic heterocycles. The van der Waals surface area contributed by atoms with Gasteiger partial charge in [-0.2, -0.15) is 0 Å². The monoisotopic (exact) mass is 502 g/mol. The zero-order chi connectivity index (χ0) is 20.8. The fourth-order valence-corrected chi connectivity index (χ4v) is 3.59. The molecule has 29 heavy (non-hydrogen) atoms. The zero-order valence-electron chi connectivity index (χ0n) is 15.8. The highest BCUT2D eigenvalue weighted by atomic mass is 127. The lowest BCUT2D eigenvalue weighted by molar-refractivity contribution is -0.126. The third kappa shape index (κ3) is 5.00. The highest BCUT2D eigenvalue weighted by Crippen LogP contribution is 2.31. The Bertz CT molecular complexity index is 996. The first-order valence-corrected chi connectivity index (χ1v) is 10.2. The summed E-state index contributed by atoms with van der Waals surface area (Å²) in [5, 5.41) is 2.88. The number of rotatable bonds is 6. The molecule has 0 bridgehead atoms. The first kappa shape index (κ1) is 21.0. The van der Waals surface area contributed by atoms with Crippen LogP contribution in [0.25, 0.3) is 0 Å². The molecule has 0 heterocycles. The minimum atomic E-state index is -0.995. The molecular formula is C23H20FIN2O2. The third-order valence-electron chi connectivity index (χ3n) is 4.46. The molecule has 2 amide bonds. The Morgan fingerprint density at radius 2 is 1.59 bits per heavy atom. The van der Waals surface area contributed by atoms with Gasteiger partial charge in [0.15, 0.2) is 5.82 Å². The topological polar surface area (TPSA) is 49.4 Å². The molecular weight excluding hydrogens is 482 g/mol. The van der Waals surface area contributed by atoms with E-state index in [0.717, 1.165) is 5.56 Å². The number of nitrogens with one attached hydrogen (secondary N) is 1. The molecule has 0 aliphatic carbocycles. The average molecular weight is 502 g/mol. The number of nitrogens with zero attached hydrogens (tertiary/aromatic N) is 1. The summed E-state index contributed by atoms with van der Waals surface area (Å²) in [6.45, 7) is 1.64. The molecule has 3 rings (SSSR count). The summed E-state index contributed by atoms with van der Waals surface area (Å²) in [7, 11) is 0. The van der Waals surface area contributed by atoms with Crippen LogP contribution in [0.5, 0.6) is 0 Å². The van der Waals surface area contributed by atoms with Crippen molar-refractivity contribution >= 4 is 40.1 Å². The second kappa shape index (κ2) is 9.65. The third-order valence-corrected chi connectivity index (χ3v) is 5.29.